The summed E-state index contributed by atoms with van der Waals surface area (Å²) in [6.45, 7) is 7.35. The van der Waals surface area contributed by atoms with E-state index in [9.17, 15) is 14.9 Å². The molecule has 0 radical (unpaired) electrons. The fourth-order valence-electron chi connectivity index (χ4n) is 1.95. The molecule has 0 aliphatic carbocycles. The first-order chi connectivity index (χ1) is 9.12. The number of carbonyl (C=O) groups is 1. The molecule has 2 N–H and O–H groups in total. The van der Waals surface area contributed by atoms with Crippen molar-refractivity contribution in [3.63, 3.8) is 0 Å². The zero-order valence-electron chi connectivity index (χ0n) is 12.1. The van der Waals surface area contributed by atoms with Crippen LogP contribution >= 0.6 is 0 Å². The van der Waals surface area contributed by atoms with Crippen molar-refractivity contribution in [1.29, 1.82) is 0 Å². The molecule has 6 heteroatoms. The van der Waals surface area contributed by atoms with Gasteiger partial charge < -0.3 is 10.4 Å². The number of nitro groups is 1. The van der Waals surface area contributed by atoms with Gasteiger partial charge in [-0.1, -0.05) is 32.9 Å². The second kappa shape index (κ2) is 5.90. The largest absolute Gasteiger partial charge is 0.481 e. The van der Waals surface area contributed by atoms with Gasteiger partial charge in [-0.15, -0.1) is 0 Å². The molecule has 0 aliphatic heterocycles. The second-order valence-corrected chi connectivity index (χ2v) is 5.89. The van der Waals surface area contributed by atoms with E-state index in [0.29, 0.717) is 11.3 Å². The molecule has 0 saturated carbocycles. The van der Waals surface area contributed by atoms with Crippen LogP contribution in [0.25, 0.3) is 0 Å². The molecule has 1 rings (SSSR count). The van der Waals surface area contributed by atoms with Gasteiger partial charge in [0.1, 0.15) is 5.69 Å². The van der Waals surface area contributed by atoms with Crippen molar-refractivity contribution < 1.29 is 14.8 Å². The standard InChI is InChI=1S/C14H20N2O4/c1-9-6-5-7-10(13(9)16(19)20)15-11(8-12(17)18)14(2,3)4/h5-7,11,15H,8H2,1-4H3,(H,17,18). The lowest BCUT2D eigenvalue weighted by molar-refractivity contribution is -0.384. The van der Waals surface area contributed by atoms with E-state index in [1.165, 1.54) is 0 Å². The van der Waals surface area contributed by atoms with E-state index < -0.39 is 16.9 Å². The van der Waals surface area contributed by atoms with Gasteiger partial charge in [0.15, 0.2) is 0 Å². The monoisotopic (exact) mass is 280 g/mol. The number of carboxylic acid groups (broad SMARTS) is 1. The normalized spacial score (nSPS) is 12.8. The summed E-state index contributed by atoms with van der Waals surface area (Å²) in [5.41, 5.74) is 0.557. The number of rotatable bonds is 5. The van der Waals surface area contributed by atoms with Crippen molar-refractivity contribution in [3.8, 4) is 0 Å². The molecule has 0 aromatic heterocycles. The molecule has 0 spiro atoms. The van der Waals surface area contributed by atoms with Crippen molar-refractivity contribution >= 4 is 17.3 Å². The summed E-state index contributed by atoms with van der Waals surface area (Å²) in [6, 6.07) is 4.57. The summed E-state index contributed by atoms with van der Waals surface area (Å²) in [5, 5.41) is 23.1. The van der Waals surface area contributed by atoms with Crippen LogP contribution in [0, 0.1) is 22.5 Å². The van der Waals surface area contributed by atoms with Crippen LogP contribution < -0.4 is 5.32 Å². The SMILES string of the molecule is Cc1cccc(NC(CC(=O)O)C(C)(C)C)c1[N+](=O)[O-]. The van der Waals surface area contributed by atoms with Crippen molar-refractivity contribution in [2.45, 2.75) is 40.2 Å². The molecule has 0 fully saturated rings. The summed E-state index contributed by atoms with van der Waals surface area (Å²) in [6.07, 6.45) is -0.103. The lowest BCUT2D eigenvalue weighted by Crippen LogP contribution is -2.36. The Labute approximate surface area is 118 Å². The Morgan fingerprint density at radius 2 is 2.05 bits per heavy atom. The fraction of sp³-hybridized carbons (Fsp3) is 0.500. The first-order valence-corrected chi connectivity index (χ1v) is 6.35. The number of nitrogens with one attached hydrogen (secondary N) is 1. The molecule has 20 heavy (non-hydrogen) atoms. The molecule has 0 aliphatic rings. The minimum atomic E-state index is -0.937. The van der Waals surface area contributed by atoms with Crippen LogP contribution in [-0.2, 0) is 4.79 Å². The van der Waals surface area contributed by atoms with Gasteiger partial charge in [0.2, 0.25) is 0 Å². The number of aryl methyl sites for hydroxylation is 1. The van der Waals surface area contributed by atoms with Crippen LogP contribution in [-0.4, -0.2) is 22.0 Å². The quantitative estimate of drug-likeness (QED) is 0.638. The number of nitrogens with zero attached hydrogens (tertiary/aromatic N) is 1. The number of benzene rings is 1. The Balaban J connectivity index is 3.15. The second-order valence-electron chi connectivity index (χ2n) is 5.89. The van der Waals surface area contributed by atoms with Crippen LogP contribution in [0.15, 0.2) is 18.2 Å². The van der Waals surface area contributed by atoms with Gasteiger partial charge in [-0.3, -0.25) is 14.9 Å². The molecule has 110 valence electrons. The van der Waals surface area contributed by atoms with Crippen LogP contribution in [0.1, 0.15) is 32.8 Å². The van der Waals surface area contributed by atoms with E-state index >= 15 is 0 Å². The molecule has 1 aromatic rings. The molecule has 1 atom stereocenters. The van der Waals surface area contributed by atoms with Gasteiger partial charge in [-0.2, -0.15) is 0 Å². The van der Waals surface area contributed by atoms with E-state index in [4.69, 9.17) is 5.11 Å². The minimum absolute atomic E-state index is 0.00728. The molecule has 0 heterocycles. The molecule has 1 aromatic carbocycles. The lowest BCUT2D eigenvalue weighted by Gasteiger charge is -2.31. The predicted molar refractivity (Wildman–Crippen MR) is 77.0 cm³/mol. The summed E-state index contributed by atoms with van der Waals surface area (Å²) < 4.78 is 0. The highest BCUT2D eigenvalue weighted by molar-refractivity contribution is 5.70. The van der Waals surface area contributed by atoms with Crippen molar-refractivity contribution in [2.24, 2.45) is 5.41 Å². The van der Waals surface area contributed by atoms with Crippen LogP contribution in [0.2, 0.25) is 0 Å². The van der Waals surface area contributed by atoms with Gasteiger partial charge in [-0.25, -0.2) is 0 Å². The van der Waals surface area contributed by atoms with E-state index in [1.54, 1.807) is 25.1 Å². The Bertz CT molecular complexity index is 520. The van der Waals surface area contributed by atoms with Crippen LogP contribution in [0.5, 0.6) is 0 Å². The van der Waals surface area contributed by atoms with E-state index in [0.717, 1.165) is 0 Å². The molecule has 0 saturated heterocycles. The summed E-state index contributed by atoms with van der Waals surface area (Å²) in [5.74, 6) is -0.937. The zero-order chi connectivity index (χ0) is 15.5. The highest BCUT2D eigenvalue weighted by atomic mass is 16.6. The molecule has 1 unspecified atom stereocenters. The fourth-order valence-corrected chi connectivity index (χ4v) is 1.95. The topological polar surface area (TPSA) is 92.5 Å². The van der Waals surface area contributed by atoms with Gasteiger partial charge >= 0.3 is 5.97 Å². The van der Waals surface area contributed by atoms with E-state index in [2.05, 4.69) is 5.32 Å². The number of anilines is 1. The zero-order valence-corrected chi connectivity index (χ0v) is 12.1. The van der Waals surface area contributed by atoms with Crippen molar-refractivity contribution in [1.82, 2.24) is 0 Å². The summed E-state index contributed by atoms with van der Waals surface area (Å²) in [7, 11) is 0. The van der Waals surface area contributed by atoms with Crippen LogP contribution in [0.4, 0.5) is 11.4 Å². The van der Waals surface area contributed by atoms with Gasteiger partial charge in [-0.05, 0) is 18.4 Å². The highest BCUT2D eigenvalue weighted by Crippen LogP contribution is 2.32. The number of hydrogen-bond acceptors (Lipinski definition) is 4. The minimum Gasteiger partial charge on any atom is -0.481 e. The smallest absolute Gasteiger partial charge is 0.305 e. The predicted octanol–water partition coefficient (Wildman–Crippen LogP) is 3.20. The van der Waals surface area contributed by atoms with Crippen molar-refractivity contribution in [3.05, 3.63) is 33.9 Å². The average Bonchev–Trinajstić information content (AvgIpc) is 2.25. The van der Waals surface area contributed by atoms with Gasteiger partial charge in [0.05, 0.1) is 11.3 Å². The van der Waals surface area contributed by atoms with Crippen molar-refractivity contribution in [2.75, 3.05) is 5.32 Å². The third-order valence-corrected chi connectivity index (χ3v) is 3.17. The number of hydrogen-bond donors (Lipinski definition) is 2. The van der Waals surface area contributed by atoms with Gasteiger partial charge in [0, 0.05) is 11.6 Å². The first-order valence-electron chi connectivity index (χ1n) is 6.35. The third-order valence-electron chi connectivity index (χ3n) is 3.17. The molecular formula is C14H20N2O4. The average molecular weight is 280 g/mol. The van der Waals surface area contributed by atoms with Crippen LogP contribution in [0.3, 0.4) is 0 Å². The number of aliphatic carboxylic acids is 1. The maximum Gasteiger partial charge on any atom is 0.305 e. The van der Waals surface area contributed by atoms with Gasteiger partial charge in [0.25, 0.3) is 5.69 Å². The molecule has 0 bridgehead atoms. The molecular weight excluding hydrogens is 260 g/mol. The highest BCUT2D eigenvalue weighted by Gasteiger charge is 2.29. The Hall–Kier alpha value is -2.11. The first kappa shape index (κ1) is 15.9. The number of nitro benzene ring substituents is 1. The molecule has 6 nitrogen and oxygen atoms in total. The maximum atomic E-state index is 11.1. The summed E-state index contributed by atoms with van der Waals surface area (Å²) in [4.78, 5) is 21.7. The Morgan fingerprint density at radius 3 is 2.50 bits per heavy atom. The lowest BCUT2D eigenvalue weighted by atomic mass is 9.84. The Morgan fingerprint density at radius 1 is 1.45 bits per heavy atom. The van der Waals surface area contributed by atoms with E-state index in [1.807, 2.05) is 20.8 Å². The van der Waals surface area contributed by atoms with E-state index in [-0.39, 0.29) is 17.5 Å². The Kier molecular flexibility index (Phi) is 4.70. The third kappa shape index (κ3) is 3.94. The summed E-state index contributed by atoms with van der Waals surface area (Å²) >= 11 is 0. The maximum absolute atomic E-state index is 11.1. The number of carboxylic acids is 1. The molecule has 0 amide bonds. The number of para-hydroxylation sites is 1.